The van der Waals surface area contributed by atoms with Crippen molar-refractivity contribution in [1.82, 2.24) is 0 Å². The second-order valence-electron chi connectivity index (χ2n) is 5.15. The summed E-state index contributed by atoms with van der Waals surface area (Å²) in [6.07, 6.45) is 0.763. The quantitative estimate of drug-likeness (QED) is 0.947. The van der Waals surface area contributed by atoms with E-state index >= 15 is 0 Å². The van der Waals surface area contributed by atoms with Crippen LogP contribution in [0.25, 0.3) is 0 Å². The molecule has 0 bridgehead atoms. The monoisotopic (exact) mass is 298 g/mol. The molecule has 2 amide bonds. The number of carbonyl (C=O) groups excluding carboxylic acids is 2. The Hall–Kier alpha value is -2.69. The van der Waals surface area contributed by atoms with Gasteiger partial charge in [-0.15, -0.1) is 0 Å². The lowest BCUT2D eigenvalue weighted by atomic mass is 10.2. The van der Waals surface area contributed by atoms with Gasteiger partial charge in [0.2, 0.25) is 11.8 Å². The smallest absolute Gasteiger partial charge is 0.247 e. The Labute approximate surface area is 127 Å². The zero-order valence-electron chi connectivity index (χ0n) is 11.8. The predicted molar refractivity (Wildman–Crippen MR) is 82.0 cm³/mol. The minimum absolute atomic E-state index is 0.125. The van der Waals surface area contributed by atoms with Crippen molar-refractivity contribution in [3.05, 3.63) is 60.4 Å². The van der Waals surface area contributed by atoms with E-state index in [0.717, 1.165) is 0 Å². The minimum Gasteiger partial charge on any atom is -0.324 e. The molecule has 1 aliphatic heterocycles. The number of nitrogens with one attached hydrogen (secondary N) is 1. The maximum Gasteiger partial charge on any atom is 0.247 e. The van der Waals surface area contributed by atoms with Gasteiger partial charge in [0.15, 0.2) is 0 Å². The van der Waals surface area contributed by atoms with E-state index < -0.39 is 6.04 Å². The van der Waals surface area contributed by atoms with Crippen LogP contribution in [0.3, 0.4) is 0 Å². The molecule has 0 aliphatic carbocycles. The molecular weight excluding hydrogens is 283 g/mol. The molecule has 2 aromatic rings. The number of anilines is 2. The summed E-state index contributed by atoms with van der Waals surface area (Å²) in [4.78, 5) is 26.0. The lowest BCUT2D eigenvalue weighted by molar-refractivity contribution is -0.120. The molecule has 22 heavy (non-hydrogen) atoms. The number of benzene rings is 2. The molecule has 4 nitrogen and oxygen atoms in total. The van der Waals surface area contributed by atoms with Gasteiger partial charge in [0, 0.05) is 17.8 Å². The van der Waals surface area contributed by atoms with Gasteiger partial charge < -0.3 is 5.32 Å². The van der Waals surface area contributed by atoms with Gasteiger partial charge >= 0.3 is 0 Å². The van der Waals surface area contributed by atoms with E-state index in [1.165, 1.54) is 29.2 Å². The Balaban J connectivity index is 1.81. The number of halogens is 1. The third kappa shape index (κ3) is 2.83. The first-order chi connectivity index (χ1) is 10.6. The fourth-order valence-corrected chi connectivity index (χ4v) is 2.60. The Morgan fingerprint density at radius 3 is 2.45 bits per heavy atom. The van der Waals surface area contributed by atoms with E-state index in [1.807, 2.05) is 18.2 Å². The third-order valence-corrected chi connectivity index (χ3v) is 3.66. The molecule has 3 rings (SSSR count). The Bertz CT molecular complexity index is 686. The highest BCUT2D eigenvalue weighted by Gasteiger charge is 2.37. The van der Waals surface area contributed by atoms with Crippen LogP contribution in [0, 0.1) is 5.82 Å². The average Bonchev–Trinajstić information content (AvgIpc) is 2.91. The van der Waals surface area contributed by atoms with Crippen LogP contribution in [0.1, 0.15) is 12.8 Å². The summed E-state index contributed by atoms with van der Waals surface area (Å²) < 4.78 is 13.0. The molecule has 1 heterocycles. The second-order valence-corrected chi connectivity index (χ2v) is 5.15. The normalized spacial score (nSPS) is 17.6. The van der Waals surface area contributed by atoms with Crippen molar-refractivity contribution in [1.29, 1.82) is 0 Å². The number of nitrogens with zero attached hydrogens (tertiary/aromatic N) is 1. The average molecular weight is 298 g/mol. The van der Waals surface area contributed by atoms with E-state index in [4.69, 9.17) is 0 Å². The number of carbonyl (C=O) groups is 2. The van der Waals surface area contributed by atoms with Gasteiger partial charge in [-0.1, -0.05) is 18.2 Å². The molecule has 2 aromatic carbocycles. The van der Waals surface area contributed by atoms with Gasteiger partial charge in [0.1, 0.15) is 11.9 Å². The summed E-state index contributed by atoms with van der Waals surface area (Å²) in [5.41, 5.74) is 1.23. The van der Waals surface area contributed by atoms with Crippen molar-refractivity contribution in [3.8, 4) is 0 Å². The van der Waals surface area contributed by atoms with Crippen LogP contribution in [0.15, 0.2) is 54.6 Å². The molecule has 5 heteroatoms. The Morgan fingerprint density at radius 2 is 1.77 bits per heavy atom. The Kier molecular flexibility index (Phi) is 3.87. The SMILES string of the molecule is O=C(Nc1ccccc1)C1CCC(=O)N1c1ccc(F)cc1. The molecular formula is C17H15FN2O2. The largest absolute Gasteiger partial charge is 0.324 e. The lowest BCUT2D eigenvalue weighted by Gasteiger charge is -2.24. The van der Waals surface area contributed by atoms with E-state index in [1.54, 1.807) is 12.1 Å². The molecule has 0 spiro atoms. The standard InChI is InChI=1S/C17H15FN2O2/c18-12-6-8-14(9-7-12)20-15(10-11-16(20)21)17(22)19-13-4-2-1-3-5-13/h1-9,15H,10-11H2,(H,19,22). The maximum absolute atomic E-state index is 13.0. The first kappa shape index (κ1) is 14.3. The van der Waals surface area contributed by atoms with Gasteiger partial charge in [0.05, 0.1) is 0 Å². The first-order valence-corrected chi connectivity index (χ1v) is 7.09. The molecule has 0 aromatic heterocycles. The van der Waals surface area contributed by atoms with Crippen molar-refractivity contribution < 1.29 is 14.0 Å². The second kappa shape index (κ2) is 5.97. The van der Waals surface area contributed by atoms with Crippen LogP contribution in [0.5, 0.6) is 0 Å². The molecule has 1 unspecified atom stereocenters. The third-order valence-electron chi connectivity index (χ3n) is 3.66. The fourth-order valence-electron chi connectivity index (χ4n) is 2.60. The summed E-state index contributed by atoms with van der Waals surface area (Å²) in [6, 6.07) is 14.1. The predicted octanol–water partition coefficient (Wildman–Crippen LogP) is 2.96. The lowest BCUT2D eigenvalue weighted by Crippen LogP contribution is -2.41. The van der Waals surface area contributed by atoms with Crippen LogP contribution >= 0.6 is 0 Å². The molecule has 1 aliphatic rings. The van der Waals surface area contributed by atoms with Gasteiger partial charge in [-0.3, -0.25) is 14.5 Å². The van der Waals surface area contributed by atoms with Crippen LogP contribution in [-0.4, -0.2) is 17.9 Å². The highest BCUT2D eigenvalue weighted by molar-refractivity contribution is 6.07. The Morgan fingerprint density at radius 1 is 1.09 bits per heavy atom. The molecule has 1 N–H and O–H groups in total. The van der Waals surface area contributed by atoms with Gasteiger partial charge in [-0.25, -0.2) is 4.39 Å². The van der Waals surface area contributed by atoms with Gasteiger partial charge in [-0.05, 0) is 42.8 Å². The van der Waals surface area contributed by atoms with E-state index in [2.05, 4.69) is 5.32 Å². The number of amides is 2. The van der Waals surface area contributed by atoms with Gasteiger partial charge in [-0.2, -0.15) is 0 Å². The van der Waals surface area contributed by atoms with Gasteiger partial charge in [0.25, 0.3) is 0 Å². The molecule has 1 saturated heterocycles. The topological polar surface area (TPSA) is 49.4 Å². The minimum atomic E-state index is -0.571. The summed E-state index contributed by atoms with van der Waals surface area (Å²) in [6.45, 7) is 0. The summed E-state index contributed by atoms with van der Waals surface area (Å²) in [7, 11) is 0. The molecule has 112 valence electrons. The number of para-hydroxylation sites is 1. The molecule has 1 fully saturated rings. The first-order valence-electron chi connectivity index (χ1n) is 7.09. The van der Waals surface area contributed by atoms with Crippen molar-refractivity contribution in [2.24, 2.45) is 0 Å². The number of hydrogen-bond acceptors (Lipinski definition) is 2. The van der Waals surface area contributed by atoms with E-state index in [-0.39, 0.29) is 17.6 Å². The van der Waals surface area contributed by atoms with Crippen molar-refractivity contribution >= 4 is 23.2 Å². The molecule has 1 atom stereocenters. The van der Waals surface area contributed by atoms with Crippen LogP contribution in [0.2, 0.25) is 0 Å². The van der Waals surface area contributed by atoms with Crippen molar-refractivity contribution in [2.75, 3.05) is 10.2 Å². The number of hydrogen-bond donors (Lipinski definition) is 1. The van der Waals surface area contributed by atoms with Crippen LogP contribution in [0.4, 0.5) is 15.8 Å². The highest BCUT2D eigenvalue weighted by atomic mass is 19.1. The fraction of sp³-hybridized carbons (Fsp3) is 0.176. The van der Waals surface area contributed by atoms with Crippen LogP contribution in [-0.2, 0) is 9.59 Å². The van der Waals surface area contributed by atoms with E-state index in [0.29, 0.717) is 24.2 Å². The number of rotatable bonds is 3. The summed E-state index contributed by atoms with van der Waals surface area (Å²) in [5, 5.41) is 2.81. The van der Waals surface area contributed by atoms with Crippen LogP contribution < -0.4 is 10.2 Å². The van der Waals surface area contributed by atoms with E-state index in [9.17, 15) is 14.0 Å². The molecule has 0 saturated carbocycles. The maximum atomic E-state index is 13.0. The molecule has 0 radical (unpaired) electrons. The summed E-state index contributed by atoms with van der Waals surface area (Å²) >= 11 is 0. The summed E-state index contributed by atoms with van der Waals surface area (Å²) in [5.74, 6) is -0.734. The van der Waals surface area contributed by atoms with Crippen molar-refractivity contribution in [2.45, 2.75) is 18.9 Å². The highest BCUT2D eigenvalue weighted by Crippen LogP contribution is 2.27. The zero-order valence-corrected chi connectivity index (χ0v) is 11.8. The van der Waals surface area contributed by atoms with Crippen molar-refractivity contribution in [3.63, 3.8) is 0 Å². The zero-order chi connectivity index (χ0) is 15.5.